The van der Waals surface area contributed by atoms with E-state index >= 15 is 0 Å². The minimum Gasteiger partial charge on any atom is -0.486 e. The van der Waals surface area contributed by atoms with Crippen molar-refractivity contribution >= 4 is 11.0 Å². The van der Waals surface area contributed by atoms with Crippen molar-refractivity contribution in [2.24, 2.45) is 5.92 Å². The third kappa shape index (κ3) is 3.52. The number of rotatable bonds is 4. The zero-order valence-corrected chi connectivity index (χ0v) is 16.1. The standard InChI is InChI=1S/C23H26O3/c1-15(2)14-25-21-20(24)19-17(16-10-7-6-8-11-16)12-9-13-18(19)26-22(21)23(3,4)5/h6-13,15H,14H2,1-5H3. The maximum absolute atomic E-state index is 13.4. The average Bonchev–Trinajstić information content (AvgIpc) is 2.60. The van der Waals surface area contributed by atoms with Crippen LogP contribution in [0.15, 0.2) is 57.7 Å². The molecule has 0 N–H and O–H groups in total. The molecule has 1 aromatic heterocycles. The van der Waals surface area contributed by atoms with Gasteiger partial charge in [0.05, 0.1) is 12.0 Å². The van der Waals surface area contributed by atoms with Gasteiger partial charge >= 0.3 is 0 Å². The molecule has 3 aromatic rings. The molecule has 1 heterocycles. The molecule has 0 fully saturated rings. The van der Waals surface area contributed by atoms with Crippen LogP contribution >= 0.6 is 0 Å². The van der Waals surface area contributed by atoms with E-state index in [1.54, 1.807) is 0 Å². The van der Waals surface area contributed by atoms with Gasteiger partial charge in [-0.1, -0.05) is 77.1 Å². The molecule has 136 valence electrons. The Bertz CT molecular complexity index is 960. The molecule has 0 radical (unpaired) electrons. The molecule has 0 aliphatic heterocycles. The third-order valence-electron chi connectivity index (χ3n) is 4.20. The molecular formula is C23H26O3. The van der Waals surface area contributed by atoms with Gasteiger partial charge in [0, 0.05) is 5.41 Å². The van der Waals surface area contributed by atoms with E-state index in [0.29, 0.717) is 35.0 Å². The number of fused-ring (bicyclic) bond motifs is 1. The van der Waals surface area contributed by atoms with E-state index in [9.17, 15) is 4.79 Å². The summed E-state index contributed by atoms with van der Waals surface area (Å²) >= 11 is 0. The largest absolute Gasteiger partial charge is 0.486 e. The van der Waals surface area contributed by atoms with Gasteiger partial charge in [-0.3, -0.25) is 4.79 Å². The van der Waals surface area contributed by atoms with Crippen molar-refractivity contribution in [3.8, 4) is 16.9 Å². The molecule has 26 heavy (non-hydrogen) atoms. The lowest BCUT2D eigenvalue weighted by Crippen LogP contribution is -2.21. The van der Waals surface area contributed by atoms with Crippen molar-refractivity contribution in [1.29, 1.82) is 0 Å². The van der Waals surface area contributed by atoms with Crippen molar-refractivity contribution in [2.45, 2.75) is 40.0 Å². The summed E-state index contributed by atoms with van der Waals surface area (Å²) in [6.45, 7) is 10.7. The predicted octanol–water partition coefficient (Wildman–Crippen LogP) is 5.79. The van der Waals surface area contributed by atoms with Crippen LogP contribution in [0.3, 0.4) is 0 Å². The third-order valence-corrected chi connectivity index (χ3v) is 4.20. The minimum absolute atomic E-state index is 0.101. The molecule has 0 spiro atoms. The van der Waals surface area contributed by atoms with E-state index in [0.717, 1.165) is 11.1 Å². The number of hydrogen-bond donors (Lipinski definition) is 0. The van der Waals surface area contributed by atoms with Crippen LogP contribution in [0.4, 0.5) is 0 Å². The first-order valence-corrected chi connectivity index (χ1v) is 9.07. The second-order valence-electron chi connectivity index (χ2n) is 8.09. The molecule has 0 amide bonds. The van der Waals surface area contributed by atoms with Gasteiger partial charge < -0.3 is 9.15 Å². The van der Waals surface area contributed by atoms with Gasteiger partial charge in [-0.05, 0) is 23.1 Å². The van der Waals surface area contributed by atoms with E-state index in [4.69, 9.17) is 9.15 Å². The van der Waals surface area contributed by atoms with Crippen molar-refractivity contribution in [3.05, 3.63) is 64.5 Å². The van der Waals surface area contributed by atoms with Gasteiger partial charge in [0.1, 0.15) is 5.58 Å². The number of benzene rings is 2. The molecule has 0 saturated carbocycles. The Morgan fingerprint density at radius 2 is 1.69 bits per heavy atom. The van der Waals surface area contributed by atoms with E-state index < -0.39 is 0 Å². The van der Waals surface area contributed by atoms with E-state index in [1.165, 1.54) is 0 Å². The van der Waals surface area contributed by atoms with Crippen LogP contribution < -0.4 is 10.2 Å². The molecule has 0 saturated heterocycles. The first-order valence-electron chi connectivity index (χ1n) is 9.07. The lowest BCUT2D eigenvalue weighted by Gasteiger charge is -2.22. The summed E-state index contributed by atoms with van der Waals surface area (Å²) in [7, 11) is 0. The van der Waals surface area contributed by atoms with Crippen LogP contribution in [0.2, 0.25) is 0 Å². The van der Waals surface area contributed by atoms with Gasteiger partial charge in [0.2, 0.25) is 11.2 Å². The normalized spacial score (nSPS) is 11.9. The number of hydrogen-bond acceptors (Lipinski definition) is 3. The summed E-state index contributed by atoms with van der Waals surface area (Å²) in [5.74, 6) is 1.25. The van der Waals surface area contributed by atoms with Crippen LogP contribution in [0.5, 0.6) is 5.75 Å². The zero-order chi connectivity index (χ0) is 18.9. The minimum atomic E-state index is -0.331. The second kappa shape index (κ2) is 6.99. The summed E-state index contributed by atoms with van der Waals surface area (Å²) in [6, 6.07) is 15.6. The first-order chi connectivity index (χ1) is 12.3. The quantitative estimate of drug-likeness (QED) is 0.597. The number of ether oxygens (including phenoxy) is 1. The summed E-state index contributed by atoms with van der Waals surface area (Å²) in [6.07, 6.45) is 0. The maximum Gasteiger partial charge on any atom is 0.235 e. The Morgan fingerprint density at radius 1 is 1.00 bits per heavy atom. The second-order valence-corrected chi connectivity index (χ2v) is 8.09. The van der Waals surface area contributed by atoms with Crippen molar-refractivity contribution < 1.29 is 9.15 Å². The van der Waals surface area contributed by atoms with Crippen molar-refractivity contribution in [1.82, 2.24) is 0 Å². The highest BCUT2D eigenvalue weighted by Gasteiger charge is 2.27. The van der Waals surface area contributed by atoms with E-state index in [2.05, 4.69) is 13.8 Å². The molecule has 3 rings (SSSR count). The van der Waals surface area contributed by atoms with Crippen molar-refractivity contribution in [3.63, 3.8) is 0 Å². The fourth-order valence-electron chi connectivity index (χ4n) is 2.96. The SMILES string of the molecule is CC(C)COc1c(C(C)(C)C)oc2cccc(-c3ccccc3)c2c1=O. The first kappa shape index (κ1) is 18.2. The monoisotopic (exact) mass is 350 g/mol. The molecule has 0 bridgehead atoms. The predicted molar refractivity (Wildman–Crippen MR) is 107 cm³/mol. The van der Waals surface area contributed by atoms with Gasteiger partial charge in [-0.2, -0.15) is 0 Å². The zero-order valence-electron chi connectivity index (χ0n) is 16.1. The summed E-state index contributed by atoms with van der Waals surface area (Å²) < 4.78 is 12.2. The van der Waals surface area contributed by atoms with Gasteiger partial charge in [0.15, 0.2) is 5.76 Å². The lowest BCUT2D eigenvalue weighted by molar-refractivity contribution is 0.248. The Hall–Kier alpha value is -2.55. The van der Waals surface area contributed by atoms with Crippen LogP contribution in [0.1, 0.15) is 40.4 Å². The summed E-state index contributed by atoms with van der Waals surface area (Å²) in [4.78, 5) is 13.4. The Labute approximate surface area is 154 Å². The maximum atomic E-state index is 13.4. The fourth-order valence-corrected chi connectivity index (χ4v) is 2.96. The smallest absolute Gasteiger partial charge is 0.235 e. The molecule has 3 nitrogen and oxygen atoms in total. The Morgan fingerprint density at radius 3 is 2.31 bits per heavy atom. The molecule has 0 atom stereocenters. The topological polar surface area (TPSA) is 39.4 Å². The van der Waals surface area contributed by atoms with Crippen LogP contribution in [0, 0.1) is 5.92 Å². The molecule has 3 heteroatoms. The van der Waals surface area contributed by atoms with Crippen LogP contribution in [0.25, 0.3) is 22.1 Å². The van der Waals surface area contributed by atoms with E-state index in [1.807, 2.05) is 69.3 Å². The Balaban J connectivity index is 2.32. The fraction of sp³-hybridized carbons (Fsp3) is 0.348. The van der Waals surface area contributed by atoms with Crippen LogP contribution in [-0.2, 0) is 5.41 Å². The Kier molecular flexibility index (Phi) is 4.90. The molecule has 0 unspecified atom stereocenters. The molecular weight excluding hydrogens is 324 g/mol. The van der Waals surface area contributed by atoms with Gasteiger partial charge in [0.25, 0.3) is 0 Å². The average molecular weight is 350 g/mol. The molecule has 2 aromatic carbocycles. The molecule has 0 aliphatic carbocycles. The van der Waals surface area contributed by atoms with Crippen LogP contribution in [-0.4, -0.2) is 6.61 Å². The highest BCUT2D eigenvalue weighted by atomic mass is 16.5. The van der Waals surface area contributed by atoms with Gasteiger partial charge in [-0.15, -0.1) is 0 Å². The molecule has 0 aliphatic rings. The van der Waals surface area contributed by atoms with Crippen molar-refractivity contribution in [2.75, 3.05) is 6.61 Å². The summed E-state index contributed by atoms with van der Waals surface area (Å²) in [5, 5.41) is 0.574. The van der Waals surface area contributed by atoms with Gasteiger partial charge in [-0.25, -0.2) is 0 Å². The highest BCUT2D eigenvalue weighted by molar-refractivity contribution is 5.94. The highest BCUT2D eigenvalue weighted by Crippen LogP contribution is 2.35. The van der Waals surface area contributed by atoms with E-state index in [-0.39, 0.29) is 10.8 Å². The summed E-state index contributed by atoms with van der Waals surface area (Å²) in [5.41, 5.74) is 2.02. The lowest BCUT2D eigenvalue weighted by atomic mass is 9.91.